The van der Waals surface area contributed by atoms with Crippen LogP contribution in [-0.2, 0) is 0 Å². The lowest BCUT2D eigenvalue weighted by molar-refractivity contribution is 0.165. The Morgan fingerprint density at radius 3 is 2.50 bits per heavy atom. The smallest absolute Gasteiger partial charge is 0.104 e. The third-order valence-electron chi connectivity index (χ3n) is 3.81. The average Bonchev–Trinajstić information content (AvgIpc) is 2.30. The Hall–Kier alpha value is -0.590. The van der Waals surface area contributed by atoms with Crippen molar-refractivity contribution in [2.24, 2.45) is 5.73 Å². The molecule has 0 unspecified atom stereocenters. The Bertz CT molecular complexity index is 236. The van der Waals surface area contributed by atoms with Crippen molar-refractivity contribution < 1.29 is 0 Å². The van der Waals surface area contributed by atoms with Gasteiger partial charge >= 0.3 is 0 Å². The highest BCUT2D eigenvalue weighted by atomic mass is 15.1. The second-order valence-electron chi connectivity index (χ2n) is 5.19. The van der Waals surface area contributed by atoms with E-state index in [4.69, 9.17) is 11.0 Å². The lowest BCUT2D eigenvalue weighted by atomic mass is 9.81. The predicted molar refractivity (Wildman–Crippen MR) is 66.9 cm³/mol. The standard InChI is InChI=1S/C13H25N3/c1-3-4-5-10-16(2)12-6-8-13(15,11-14)9-7-12/h12H,3-10,15H2,1-2H3. The molecule has 1 saturated carbocycles. The summed E-state index contributed by atoms with van der Waals surface area (Å²) in [6.07, 6.45) is 7.74. The van der Waals surface area contributed by atoms with Crippen molar-refractivity contribution in [1.82, 2.24) is 4.90 Å². The molecule has 0 spiro atoms. The van der Waals surface area contributed by atoms with Gasteiger partial charge in [-0.05, 0) is 45.7 Å². The molecule has 1 rings (SSSR count). The molecule has 1 fully saturated rings. The largest absolute Gasteiger partial charge is 0.313 e. The van der Waals surface area contributed by atoms with Gasteiger partial charge in [0.05, 0.1) is 6.07 Å². The summed E-state index contributed by atoms with van der Waals surface area (Å²) >= 11 is 0. The highest BCUT2D eigenvalue weighted by Gasteiger charge is 2.32. The zero-order valence-corrected chi connectivity index (χ0v) is 10.7. The second kappa shape index (κ2) is 6.22. The van der Waals surface area contributed by atoms with Gasteiger partial charge in [-0.2, -0.15) is 5.26 Å². The van der Waals surface area contributed by atoms with Crippen molar-refractivity contribution in [3.63, 3.8) is 0 Å². The van der Waals surface area contributed by atoms with Crippen LogP contribution in [0.4, 0.5) is 0 Å². The van der Waals surface area contributed by atoms with Crippen molar-refractivity contribution in [3.8, 4) is 6.07 Å². The number of nitrogens with two attached hydrogens (primary N) is 1. The first-order chi connectivity index (χ1) is 7.61. The molecule has 3 nitrogen and oxygen atoms in total. The van der Waals surface area contributed by atoms with E-state index >= 15 is 0 Å². The summed E-state index contributed by atoms with van der Waals surface area (Å²) in [6.45, 7) is 3.42. The number of hydrogen-bond donors (Lipinski definition) is 1. The number of rotatable bonds is 5. The highest BCUT2D eigenvalue weighted by molar-refractivity contribution is 5.07. The van der Waals surface area contributed by atoms with Gasteiger partial charge in [-0.1, -0.05) is 19.8 Å². The summed E-state index contributed by atoms with van der Waals surface area (Å²) in [5, 5.41) is 8.96. The highest BCUT2D eigenvalue weighted by Crippen LogP contribution is 2.28. The van der Waals surface area contributed by atoms with Crippen LogP contribution in [0, 0.1) is 11.3 Å². The van der Waals surface area contributed by atoms with E-state index in [9.17, 15) is 0 Å². The summed E-state index contributed by atoms with van der Waals surface area (Å²) in [7, 11) is 2.20. The van der Waals surface area contributed by atoms with Crippen LogP contribution in [-0.4, -0.2) is 30.1 Å². The quantitative estimate of drug-likeness (QED) is 0.727. The maximum absolute atomic E-state index is 8.96. The lowest BCUT2D eigenvalue weighted by Gasteiger charge is -2.36. The molecule has 1 aliphatic carbocycles. The minimum atomic E-state index is -0.541. The number of nitriles is 1. The average molecular weight is 223 g/mol. The number of hydrogen-bond acceptors (Lipinski definition) is 3. The van der Waals surface area contributed by atoms with Crippen molar-refractivity contribution in [1.29, 1.82) is 5.26 Å². The molecule has 16 heavy (non-hydrogen) atoms. The first-order valence-corrected chi connectivity index (χ1v) is 6.51. The molecule has 0 aromatic carbocycles. The molecule has 2 N–H and O–H groups in total. The number of nitrogens with zero attached hydrogens (tertiary/aromatic N) is 2. The first-order valence-electron chi connectivity index (χ1n) is 6.51. The molecule has 0 aromatic rings. The van der Waals surface area contributed by atoms with Gasteiger partial charge < -0.3 is 10.6 Å². The van der Waals surface area contributed by atoms with E-state index in [2.05, 4.69) is 24.9 Å². The normalized spacial score (nSPS) is 30.3. The predicted octanol–water partition coefficient (Wildman–Crippen LogP) is 2.27. The van der Waals surface area contributed by atoms with E-state index in [1.807, 2.05) is 0 Å². The van der Waals surface area contributed by atoms with Crippen LogP contribution in [0.15, 0.2) is 0 Å². The van der Waals surface area contributed by atoms with Gasteiger partial charge in [0, 0.05) is 6.04 Å². The summed E-state index contributed by atoms with van der Waals surface area (Å²) < 4.78 is 0. The van der Waals surface area contributed by atoms with E-state index in [1.54, 1.807) is 0 Å². The van der Waals surface area contributed by atoms with Crippen LogP contribution in [0.3, 0.4) is 0 Å². The molecular formula is C13H25N3. The Balaban J connectivity index is 2.28. The monoisotopic (exact) mass is 223 g/mol. The zero-order chi connectivity index (χ0) is 12.0. The van der Waals surface area contributed by atoms with Crippen molar-refractivity contribution in [2.75, 3.05) is 13.6 Å². The van der Waals surface area contributed by atoms with Gasteiger partial charge in [0.25, 0.3) is 0 Å². The molecular weight excluding hydrogens is 198 g/mol. The minimum absolute atomic E-state index is 0.541. The van der Waals surface area contributed by atoms with E-state index in [-0.39, 0.29) is 0 Å². The number of unbranched alkanes of at least 4 members (excludes halogenated alkanes) is 2. The molecule has 0 radical (unpaired) electrons. The summed E-state index contributed by atoms with van der Waals surface area (Å²) in [6, 6.07) is 2.89. The topological polar surface area (TPSA) is 53.0 Å². The first kappa shape index (κ1) is 13.5. The van der Waals surface area contributed by atoms with Gasteiger partial charge in [-0.3, -0.25) is 0 Å². The van der Waals surface area contributed by atoms with Gasteiger partial charge in [-0.25, -0.2) is 0 Å². The van der Waals surface area contributed by atoms with Gasteiger partial charge in [0.15, 0.2) is 0 Å². The van der Waals surface area contributed by atoms with E-state index in [0.717, 1.165) is 25.7 Å². The second-order valence-corrected chi connectivity index (χ2v) is 5.19. The van der Waals surface area contributed by atoms with Gasteiger partial charge in [-0.15, -0.1) is 0 Å². The SMILES string of the molecule is CCCCCN(C)C1CCC(N)(C#N)CC1. The fourth-order valence-corrected chi connectivity index (χ4v) is 2.46. The van der Waals surface area contributed by atoms with Crippen LogP contribution in [0.2, 0.25) is 0 Å². The third-order valence-corrected chi connectivity index (χ3v) is 3.81. The zero-order valence-electron chi connectivity index (χ0n) is 10.7. The molecule has 0 saturated heterocycles. The van der Waals surface area contributed by atoms with Crippen LogP contribution in [0.25, 0.3) is 0 Å². The molecule has 0 aliphatic heterocycles. The summed E-state index contributed by atoms with van der Waals surface area (Å²) in [4.78, 5) is 2.45. The Morgan fingerprint density at radius 2 is 2.00 bits per heavy atom. The van der Waals surface area contributed by atoms with Crippen LogP contribution < -0.4 is 5.73 Å². The van der Waals surface area contributed by atoms with Crippen LogP contribution in [0.1, 0.15) is 51.9 Å². The molecule has 0 amide bonds. The molecule has 92 valence electrons. The summed E-state index contributed by atoms with van der Waals surface area (Å²) in [5.41, 5.74) is 5.42. The Morgan fingerprint density at radius 1 is 1.38 bits per heavy atom. The lowest BCUT2D eigenvalue weighted by Crippen LogP contribution is -2.46. The summed E-state index contributed by atoms with van der Waals surface area (Å²) in [5.74, 6) is 0. The minimum Gasteiger partial charge on any atom is -0.313 e. The fourth-order valence-electron chi connectivity index (χ4n) is 2.46. The van der Waals surface area contributed by atoms with E-state index in [1.165, 1.54) is 25.8 Å². The maximum atomic E-state index is 8.96. The molecule has 0 atom stereocenters. The molecule has 1 aliphatic rings. The van der Waals surface area contributed by atoms with Crippen molar-refractivity contribution >= 4 is 0 Å². The van der Waals surface area contributed by atoms with Gasteiger partial charge in [0.2, 0.25) is 0 Å². The third kappa shape index (κ3) is 3.77. The molecule has 0 heterocycles. The maximum Gasteiger partial charge on any atom is 0.104 e. The van der Waals surface area contributed by atoms with Crippen LogP contribution in [0.5, 0.6) is 0 Å². The molecule has 0 bridgehead atoms. The van der Waals surface area contributed by atoms with E-state index < -0.39 is 5.54 Å². The van der Waals surface area contributed by atoms with E-state index in [0.29, 0.717) is 6.04 Å². The van der Waals surface area contributed by atoms with Gasteiger partial charge in [0.1, 0.15) is 5.54 Å². The fraction of sp³-hybridized carbons (Fsp3) is 0.923. The Kier molecular flexibility index (Phi) is 5.24. The van der Waals surface area contributed by atoms with Crippen molar-refractivity contribution in [2.45, 2.75) is 63.5 Å². The Labute approximate surface area is 99.6 Å². The van der Waals surface area contributed by atoms with Crippen LogP contribution >= 0.6 is 0 Å². The van der Waals surface area contributed by atoms with Crippen molar-refractivity contribution in [3.05, 3.63) is 0 Å². The molecule has 0 aromatic heterocycles. The molecule has 3 heteroatoms.